The van der Waals surface area contributed by atoms with Gasteiger partial charge in [0.15, 0.2) is 11.5 Å². The van der Waals surface area contributed by atoms with E-state index < -0.39 is 0 Å². The number of carbonyl (C=O) groups is 1. The number of aromatic amines is 1. The van der Waals surface area contributed by atoms with Crippen molar-refractivity contribution in [1.82, 2.24) is 24.8 Å². The van der Waals surface area contributed by atoms with Crippen molar-refractivity contribution in [1.29, 1.82) is 0 Å². The second kappa shape index (κ2) is 4.59. The van der Waals surface area contributed by atoms with Gasteiger partial charge in [0.1, 0.15) is 11.8 Å². The molecular formula is C11H14N6O. The Morgan fingerprint density at radius 2 is 2.17 bits per heavy atom. The molecular weight excluding hydrogens is 232 g/mol. The van der Waals surface area contributed by atoms with Gasteiger partial charge in [-0.1, -0.05) is 0 Å². The van der Waals surface area contributed by atoms with Crippen molar-refractivity contribution in [3.8, 4) is 0 Å². The summed E-state index contributed by atoms with van der Waals surface area (Å²) in [4.78, 5) is 28.9. The van der Waals surface area contributed by atoms with Crippen molar-refractivity contribution in [2.24, 2.45) is 0 Å². The number of aromatic nitrogens is 4. The van der Waals surface area contributed by atoms with E-state index >= 15 is 0 Å². The van der Waals surface area contributed by atoms with Gasteiger partial charge in [-0.25, -0.2) is 15.0 Å². The highest BCUT2D eigenvalue weighted by molar-refractivity contribution is 5.86. The predicted molar refractivity (Wildman–Crippen MR) is 66.0 cm³/mol. The molecule has 0 unspecified atom stereocenters. The molecule has 1 aliphatic heterocycles. The third-order valence-corrected chi connectivity index (χ3v) is 3.09. The first-order valence-electron chi connectivity index (χ1n) is 6.00. The van der Waals surface area contributed by atoms with E-state index in [1.165, 1.54) is 6.33 Å². The van der Waals surface area contributed by atoms with E-state index in [-0.39, 0.29) is 12.5 Å². The van der Waals surface area contributed by atoms with E-state index in [1.54, 1.807) is 6.33 Å². The average Bonchev–Trinajstić information content (AvgIpc) is 3.05. The highest BCUT2D eigenvalue weighted by Crippen LogP contribution is 2.14. The molecule has 1 amide bonds. The fraction of sp³-hybridized carbons (Fsp3) is 0.455. The first-order valence-corrected chi connectivity index (χ1v) is 6.00. The second-order valence-electron chi connectivity index (χ2n) is 4.26. The molecule has 1 aliphatic rings. The normalized spacial score (nSPS) is 15.2. The second-order valence-corrected chi connectivity index (χ2v) is 4.26. The van der Waals surface area contributed by atoms with E-state index in [4.69, 9.17) is 0 Å². The summed E-state index contributed by atoms with van der Waals surface area (Å²) in [6, 6.07) is 0. The molecule has 0 saturated carbocycles. The van der Waals surface area contributed by atoms with Gasteiger partial charge in [0.25, 0.3) is 0 Å². The number of nitrogens with zero attached hydrogens (tertiary/aromatic N) is 4. The molecule has 0 aliphatic carbocycles. The molecule has 0 aromatic carbocycles. The lowest BCUT2D eigenvalue weighted by Gasteiger charge is -2.15. The molecule has 0 spiro atoms. The van der Waals surface area contributed by atoms with E-state index in [0.29, 0.717) is 11.5 Å². The molecule has 2 N–H and O–H groups in total. The zero-order valence-corrected chi connectivity index (χ0v) is 9.89. The highest BCUT2D eigenvalue weighted by Gasteiger charge is 2.17. The molecule has 2 aromatic heterocycles. The molecule has 18 heavy (non-hydrogen) atoms. The maximum Gasteiger partial charge on any atom is 0.241 e. The van der Waals surface area contributed by atoms with E-state index in [1.807, 2.05) is 4.90 Å². The topological polar surface area (TPSA) is 86.8 Å². The van der Waals surface area contributed by atoms with Crippen molar-refractivity contribution in [3.05, 3.63) is 12.7 Å². The molecule has 0 bridgehead atoms. The Morgan fingerprint density at radius 1 is 1.33 bits per heavy atom. The van der Waals surface area contributed by atoms with Gasteiger partial charge in [0.2, 0.25) is 5.91 Å². The van der Waals surface area contributed by atoms with Crippen LogP contribution in [0.2, 0.25) is 0 Å². The number of hydrogen-bond donors (Lipinski definition) is 2. The number of nitrogens with one attached hydrogen (secondary N) is 2. The number of fused-ring (bicyclic) bond motifs is 1. The third-order valence-electron chi connectivity index (χ3n) is 3.09. The number of H-pyrrole nitrogens is 1. The maximum absolute atomic E-state index is 11.9. The Labute approximate surface area is 104 Å². The first kappa shape index (κ1) is 10.9. The predicted octanol–water partition coefficient (Wildman–Crippen LogP) is 0.387. The first-order chi connectivity index (χ1) is 8.84. The molecule has 94 valence electrons. The quantitative estimate of drug-likeness (QED) is 0.818. The van der Waals surface area contributed by atoms with Crippen LogP contribution in [0.1, 0.15) is 12.8 Å². The SMILES string of the molecule is O=C(CNc1ncnc2nc[nH]c12)N1CCCC1. The summed E-state index contributed by atoms with van der Waals surface area (Å²) >= 11 is 0. The number of anilines is 1. The Kier molecular flexibility index (Phi) is 2.79. The molecule has 3 rings (SSSR count). The van der Waals surface area contributed by atoms with Gasteiger partial charge in [-0.05, 0) is 12.8 Å². The monoisotopic (exact) mass is 246 g/mol. The van der Waals surface area contributed by atoms with Crippen molar-refractivity contribution in [2.45, 2.75) is 12.8 Å². The molecule has 1 fully saturated rings. The van der Waals surface area contributed by atoms with Crippen molar-refractivity contribution < 1.29 is 4.79 Å². The fourth-order valence-electron chi connectivity index (χ4n) is 2.14. The summed E-state index contributed by atoms with van der Waals surface area (Å²) < 4.78 is 0. The van der Waals surface area contributed by atoms with Crippen molar-refractivity contribution in [2.75, 3.05) is 25.0 Å². The van der Waals surface area contributed by atoms with Crippen LogP contribution in [0.3, 0.4) is 0 Å². The fourth-order valence-corrected chi connectivity index (χ4v) is 2.14. The van der Waals surface area contributed by atoms with Crippen LogP contribution in [0.5, 0.6) is 0 Å². The van der Waals surface area contributed by atoms with Gasteiger partial charge < -0.3 is 15.2 Å². The van der Waals surface area contributed by atoms with Crippen LogP contribution >= 0.6 is 0 Å². The molecule has 7 nitrogen and oxygen atoms in total. The van der Waals surface area contributed by atoms with Crippen LogP contribution in [0.15, 0.2) is 12.7 Å². The Morgan fingerprint density at radius 3 is 3.00 bits per heavy atom. The summed E-state index contributed by atoms with van der Waals surface area (Å²) in [5, 5.41) is 3.04. The van der Waals surface area contributed by atoms with Gasteiger partial charge in [0.05, 0.1) is 12.9 Å². The number of rotatable bonds is 3. The van der Waals surface area contributed by atoms with Crippen molar-refractivity contribution in [3.63, 3.8) is 0 Å². The Balaban J connectivity index is 1.69. The van der Waals surface area contributed by atoms with E-state index in [0.717, 1.165) is 31.4 Å². The largest absolute Gasteiger partial charge is 0.359 e. The number of likely N-dealkylation sites (tertiary alicyclic amines) is 1. The van der Waals surface area contributed by atoms with Crippen LogP contribution in [-0.2, 0) is 4.79 Å². The van der Waals surface area contributed by atoms with Crippen LogP contribution in [0.25, 0.3) is 11.2 Å². The number of carbonyl (C=O) groups excluding carboxylic acids is 1. The molecule has 3 heterocycles. The van der Waals surface area contributed by atoms with Crippen LogP contribution in [0.4, 0.5) is 5.82 Å². The smallest absolute Gasteiger partial charge is 0.241 e. The van der Waals surface area contributed by atoms with Gasteiger partial charge >= 0.3 is 0 Å². The maximum atomic E-state index is 11.9. The minimum absolute atomic E-state index is 0.110. The summed E-state index contributed by atoms with van der Waals surface area (Å²) in [6.07, 6.45) is 5.20. The third kappa shape index (κ3) is 1.99. The number of amides is 1. The highest BCUT2D eigenvalue weighted by atomic mass is 16.2. The lowest BCUT2D eigenvalue weighted by atomic mass is 10.4. The summed E-state index contributed by atoms with van der Waals surface area (Å²) in [6.45, 7) is 1.98. The van der Waals surface area contributed by atoms with Gasteiger partial charge in [-0.3, -0.25) is 4.79 Å². The number of imidazole rings is 1. The molecule has 0 atom stereocenters. The van der Waals surface area contributed by atoms with Gasteiger partial charge in [-0.2, -0.15) is 0 Å². The molecule has 2 aromatic rings. The summed E-state index contributed by atoms with van der Waals surface area (Å²) in [5.41, 5.74) is 1.33. The van der Waals surface area contributed by atoms with Crippen LogP contribution in [-0.4, -0.2) is 50.4 Å². The minimum atomic E-state index is 0.110. The van der Waals surface area contributed by atoms with Crippen LogP contribution < -0.4 is 5.32 Å². The van der Waals surface area contributed by atoms with E-state index in [9.17, 15) is 4.79 Å². The lowest BCUT2D eigenvalue weighted by Crippen LogP contribution is -2.33. The van der Waals surface area contributed by atoms with Gasteiger partial charge in [-0.15, -0.1) is 0 Å². The summed E-state index contributed by atoms with van der Waals surface area (Å²) in [5.74, 6) is 0.726. The van der Waals surface area contributed by atoms with Crippen molar-refractivity contribution >= 4 is 22.9 Å². The zero-order valence-electron chi connectivity index (χ0n) is 9.89. The Hall–Kier alpha value is -2.18. The minimum Gasteiger partial charge on any atom is -0.359 e. The standard InChI is InChI=1S/C11H14N6O/c18-8(17-3-1-2-4-17)5-12-10-9-11(14-6-13-9)16-7-15-10/h6-7H,1-5H2,(H2,12,13,14,15,16). The molecule has 7 heteroatoms. The Bertz CT molecular complexity index is 559. The number of hydrogen-bond acceptors (Lipinski definition) is 5. The molecule has 1 saturated heterocycles. The van der Waals surface area contributed by atoms with Gasteiger partial charge in [0, 0.05) is 13.1 Å². The molecule has 0 radical (unpaired) electrons. The van der Waals surface area contributed by atoms with Crippen LogP contribution in [0, 0.1) is 0 Å². The summed E-state index contributed by atoms with van der Waals surface area (Å²) in [7, 11) is 0. The lowest BCUT2D eigenvalue weighted by molar-refractivity contribution is -0.128. The average molecular weight is 246 g/mol. The zero-order chi connectivity index (χ0) is 12.4. The van der Waals surface area contributed by atoms with E-state index in [2.05, 4.69) is 25.3 Å².